The van der Waals surface area contributed by atoms with Gasteiger partial charge in [0.25, 0.3) is 0 Å². The van der Waals surface area contributed by atoms with Gasteiger partial charge in [-0.2, -0.15) is 0 Å². The Balaban J connectivity index is 4.47. The lowest BCUT2D eigenvalue weighted by Gasteiger charge is -2.21. The lowest BCUT2D eigenvalue weighted by molar-refractivity contribution is -0.131. The van der Waals surface area contributed by atoms with Crippen LogP contribution in [0.5, 0.6) is 0 Å². The highest BCUT2D eigenvalue weighted by molar-refractivity contribution is 5.91. The number of amides is 3. The summed E-state index contributed by atoms with van der Waals surface area (Å²) in [5.41, 5.74) is 0.805. The van der Waals surface area contributed by atoms with Crippen LogP contribution in [-0.2, 0) is 19.2 Å². The van der Waals surface area contributed by atoms with Crippen molar-refractivity contribution in [1.82, 2.24) is 16.0 Å². The van der Waals surface area contributed by atoms with E-state index in [1.807, 2.05) is 26.0 Å². The molecule has 0 saturated heterocycles. The molecule has 0 aliphatic carbocycles. The van der Waals surface area contributed by atoms with Gasteiger partial charge in [-0.3, -0.25) is 19.4 Å². The van der Waals surface area contributed by atoms with E-state index in [0.29, 0.717) is 19.1 Å². The molecule has 0 spiro atoms. The summed E-state index contributed by atoms with van der Waals surface area (Å²) < 4.78 is 0. The Hall–Kier alpha value is -3.21. The molecule has 0 fully saturated rings. The van der Waals surface area contributed by atoms with Crippen molar-refractivity contribution in [3.8, 4) is 11.8 Å². The number of allylic oxidation sites excluding steroid dienone is 3. The Morgan fingerprint density at radius 3 is 2.48 bits per heavy atom. The molecule has 0 aliphatic heterocycles. The third-order valence-electron chi connectivity index (χ3n) is 3.96. The molecule has 170 valence electrons. The average Bonchev–Trinajstić information content (AvgIpc) is 2.75. The smallest absolute Gasteiger partial charge is 0.243 e. The molecule has 0 saturated carbocycles. The number of nitrogens with one attached hydrogen (secondary N) is 3. The summed E-state index contributed by atoms with van der Waals surface area (Å²) in [6, 6.07) is -0.750. The van der Waals surface area contributed by atoms with E-state index in [-0.39, 0.29) is 31.3 Å². The fraction of sp³-hybridized carbons (Fsp3) is 0.522. The Morgan fingerprint density at radius 2 is 1.87 bits per heavy atom. The number of unbranched alkanes of at least 4 members (excludes halogenated alkanes) is 1. The van der Waals surface area contributed by atoms with Gasteiger partial charge in [0, 0.05) is 30.8 Å². The van der Waals surface area contributed by atoms with Crippen LogP contribution >= 0.6 is 0 Å². The van der Waals surface area contributed by atoms with E-state index in [0.717, 1.165) is 12.0 Å². The van der Waals surface area contributed by atoms with Gasteiger partial charge in [-0.25, -0.2) is 0 Å². The molecule has 0 bridgehead atoms. The van der Waals surface area contributed by atoms with Crippen molar-refractivity contribution in [3.63, 3.8) is 0 Å². The minimum absolute atomic E-state index is 0.111. The van der Waals surface area contributed by atoms with Crippen molar-refractivity contribution >= 4 is 30.2 Å². The third kappa shape index (κ3) is 14.4. The van der Waals surface area contributed by atoms with Gasteiger partial charge < -0.3 is 20.7 Å². The van der Waals surface area contributed by atoms with Gasteiger partial charge in [0.05, 0.1) is 13.1 Å². The third-order valence-corrected chi connectivity index (χ3v) is 3.96. The van der Waals surface area contributed by atoms with Crippen molar-refractivity contribution < 1.29 is 19.2 Å². The van der Waals surface area contributed by atoms with E-state index in [1.54, 1.807) is 26.3 Å². The Kier molecular flexibility index (Phi) is 15.8. The van der Waals surface area contributed by atoms with Gasteiger partial charge in [-0.15, -0.1) is 0 Å². The van der Waals surface area contributed by atoms with Gasteiger partial charge in [0.15, 0.2) is 0 Å². The second-order valence-corrected chi connectivity index (χ2v) is 6.95. The lowest BCUT2D eigenvalue weighted by Crippen LogP contribution is -2.51. The van der Waals surface area contributed by atoms with Crippen LogP contribution in [-0.4, -0.2) is 49.4 Å². The fourth-order valence-electron chi connectivity index (χ4n) is 2.25. The van der Waals surface area contributed by atoms with Crippen molar-refractivity contribution in [1.29, 1.82) is 0 Å². The molecule has 3 amide bonds. The van der Waals surface area contributed by atoms with E-state index in [4.69, 9.17) is 0 Å². The zero-order chi connectivity index (χ0) is 23.5. The van der Waals surface area contributed by atoms with Crippen molar-refractivity contribution in [2.45, 2.75) is 59.4 Å². The molecule has 3 N–H and O–H groups in total. The van der Waals surface area contributed by atoms with Crippen LogP contribution in [0.2, 0.25) is 0 Å². The number of hydrogen-bond donors (Lipinski definition) is 3. The normalized spacial score (nSPS) is 12.4. The highest BCUT2D eigenvalue weighted by Crippen LogP contribution is 2.04. The summed E-state index contributed by atoms with van der Waals surface area (Å²) in [5, 5.41) is 7.51. The first-order chi connectivity index (χ1) is 14.8. The zero-order valence-corrected chi connectivity index (χ0v) is 18.9. The van der Waals surface area contributed by atoms with Crippen LogP contribution < -0.4 is 16.0 Å². The molecular formula is C23H34N4O4. The predicted molar refractivity (Wildman–Crippen MR) is 122 cm³/mol. The Labute approximate surface area is 185 Å². The standard InChI is InChI=1S/C23H34N4O4/c1-5-7-13-24-16-19(6-2)11-9-8-10-12-20(29)27-22(18(3)4)23(31)26-17-21(30)25-14-15-28/h6-7,13,15-16,18,22H,5,8,10,12,14,17H2,1-4H3,(H,25,30)(H,26,31)(H,27,29)/b13-7+,19-6-,24-16+. The number of carbonyl (C=O) groups excluding carboxylic acids is 4. The van der Waals surface area contributed by atoms with Gasteiger partial charge >= 0.3 is 0 Å². The van der Waals surface area contributed by atoms with Crippen LogP contribution in [0.3, 0.4) is 0 Å². The van der Waals surface area contributed by atoms with Gasteiger partial charge in [-0.1, -0.05) is 44.8 Å². The second kappa shape index (κ2) is 17.6. The summed E-state index contributed by atoms with van der Waals surface area (Å²) in [6.07, 6.45) is 10.1. The zero-order valence-electron chi connectivity index (χ0n) is 18.9. The summed E-state index contributed by atoms with van der Waals surface area (Å²) in [5.74, 6) is 4.71. The van der Waals surface area contributed by atoms with Crippen molar-refractivity contribution in [2.75, 3.05) is 13.1 Å². The number of rotatable bonds is 13. The number of aliphatic imine (C=N–C) groups is 1. The lowest BCUT2D eigenvalue weighted by atomic mass is 10.0. The highest BCUT2D eigenvalue weighted by Gasteiger charge is 2.24. The van der Waals surface area contributed by atoms with E-state index in [1.165, 1.54) is 0 Å². The first-order valence-electron chi connectivity index (χ1n) is 10.5. The van der Waals surface area contributed by atoms with E-state index in [2.05, 4.69) is 32.8 Å². The fourth-order valence-corrected chi connectivity index (χ4v) is 2.25. The molecule has 0 aliphatic rings. The first-order valence-corrected chi connectivity index (χ1v) is 10.5. The largest absolute Gasteiger partial charge is 0.348 e. The minimum atomic E-state index is -0.750. The van der Waals surface area contributed by atoms with E-state index < -0.39 is 17.9 Å². The molecule has 31 heavy (non-hydrogen) atoms. The molecule has 8 nitrogen and oxygen atoms in total. The van der Waals surface area contributed by atoms with Gasteiger partial charge in [0.1, 0.15) is 12.3 Å². The number of nitrogens with zero attached hydrogens (tertiary/aromatic N) is 1. The maximum atomic E-state index is 12.3. The molecule has 0 aromatic heterocycles. The summed E-state index contributed by atoms with van der Waals surface area (Å²) in [6.45, 7) is 7.16. The molecule has 0 heterocycles. The number of carbonyl (C=O) groups is 4. The minimum Gasteiger partial charge on any atom is -0.348 e. The van der Waals surface area contributed by atoms with E-state index >= 15 is 0 Å². The quantitative estimate of drug-likeness (QED) is 0.178. The second-order valence-electron chi connectivity index (χ2n) is 6.95. The molecule has 0 aromatic carbocycles. The maximum Gasteiger partial charge on any atom is 0.243 e. The Morgan fingerprint density at radius 1 is 1.13 bits per heavy atom. The number of aldehydes is 1. The van der Waals surface area contributed by atoms with E-state index in [9.17, 15) is 19.2 Å². The van der Waals surface area contributed by atoms with Crippen LogP contribution in [0.1, 0.15) is 53.4 Å². The van der Waals surface area contributed by atoms with Crippen LogP contribution in [0, 0.1) is 17.8 Å². The van der Waals surface area contributed by atoms with Crippen LogP contribution in [0.15, 0.2) is 28.9 Å². The molecular weight excluding hydrogens is 396 g/mol. The Bertz CT molecular complexity index is 742. The molecule has 0 aromatic rings. The topological polar surface area (TPSA) is 117 Å². The van der Waals surface area contributed by atoms with Gasteiger partial charge in [0.2, 0.25) is 17.7 Å². The average molecular weight is 431 g/mol. The summed E-state index contributed by atoms with van der Waals surface area (Å²) in [4.78, 5) is 50.4. The highest BCUT2D eigenvalue weighted by atomic mass is 16.2. The molecule has 0 radical (unpaired) electrons. The van der Waals surface area contributed by atoms with Crippen LogP contribution in [0.25, 0.3) is 0 Å². The summed E-state index contributed by atoms with van der Waals surface area (Å²) in [7, 11) is 0. The number of hydrogen-bond acceptors (Lipinski definition) is 5. The predicted octanol–water partition coefficient (Wildman–Crippen LogP) is 1.67. The SMILES string of the molecule is C\C=C(C#CCCCC(=O)NC(C(=O)NCC(=O)NCC=O)C(C)C)/C=N/C=C/CC. The maximum absolute atomic E-state index is 12.3. The molecule has 1 atom stereocenters. The molecule has 0 rings (SSSR count). The monoisotopic (exact) mass is 430 g/mol. The molecule has 8 heteroatoms. The van der Waals surface area contributed by atoms with Gasteiger partial charge in [-0.05, 0) is 25.7 Å². The summed E-state index contributed by atoms with van der Waals surface area (Å²) >= 11 is 0. The first kappa shape index (κ1) is 27.8. The molecule has 1 unspecified atom stereocenters. The van der Waals surface area contributed by atoms with Crippen LogP contribution in [0.4, 0.5) is 0 Å². The van der Waals surface area contributed by atoms with Crippen molar-refractivity contribution in [2.24, 2.45) is 10.9 Å². The van der Waals surface area contributed by atoms with Crippen molar-refractivity contribution in [3.05, 3.63) is 23.9 Å².